The number of fused-ring (bicyclic) bond motifs is 1. The number of imidazole rings is 1. The third-order valence-electron chi connectivity index (χ3n) is 4.29. The molecule has 148 valence electrons. The van der Waals surface area contributed by atoms with Gasteiger partial charge in [-0.15, -0.1) is 11.3 Å². The molecule has 0 bridgehead atoms. The van der Waals surface area contributed by atoms with Crippen LogP contribution < -0.4 is 5.32 Å². The van der Waals surface area contributed by atoms with Crippen LogP contribution in [0.5, 0.6) is 0 Å². The second-order valence-corrected chi connectivity index (χ2v) is 8.00. The fourth-order valence-corrected chi connectivity index (χ4v) is 4.11. The Hall–Kier alpha value is -2.65. The zero-order valence-electron chi connectivity index (χ0n) is 14.7. The molecule has 1 aromatic carbocycles. The predicted octanol–water partition coefficient (Wildman–Crippen LogP) is 5.77. The van der Waals surface area contributed by atoms with Crippen molar-refractivity contribution in [1.82, 2.24) is 14.7 Å². The van der Waals surface area contributed by atoms with Gasteiger partial charge < -0.3 is 5.32 Å². The van der Waals surface area contributed by atoms with E-state index in [2.05, 4.69) is 26.2 Å². The minimum atomic E-state index is -4.62. The Morgan fingerprint density at radius 2 is 1.90 bits per heavy atom. The van der Waals surface area contributed by atoms with Crippen molar-refractivity contribution in [3.05, 3.63) is 80.8 Å². The van der Waals surface area contributed by atoms with Crippen LogP contribution in [0.25, 0.3) is 16.8 Å². The summed E-state index contributed by atoms with van der Waals surface area (Å²) in [5, 5.41) is 4.57. The maximum absolute atomic E-state index is 13.7. The van der Waals surface area contributed by atoms with Crippen molar-refractivity contribution in [2.45, 2.75) is 12.7 Å². The highest BCUT2D eigenvalue weighted by Gasteiger charge is 2.36. The third kappa shape index (κ3) is 3.92. The summed E-state index contributed by atoms with van der Waals surface area (Å²) in [5.41, 5.74) is -0.335. The Morgan fingerprint density at radius 3 is 2.55 bits per heavy atom. The summed E-state index contributed by atoms with van der Waals surface area (Å²) < 4.78 is 42.6. The van der Waals surface area contributed by atoms with E-state index in [1.165, 1.54) is 21.9 Å². The molecule has 0 fully saturated rings. The topological polar surface area (TPSA) is 46.4 Å². The second-order valence-electron chi connectivity index (χ2n) is 6.21. The van der Waals surface area contributed by atoms with E-state index in [1.54, 1.807) is 30.3 Å². The largest absolute Gasteiger partial charge is 0.420 e. The number of benzene rings is 1. The van der Waals surface area contributed by atoms with Gasteiger partial charge in [-0.1, -0.05) is 36.4 Å². The van der Waals surface area contributed by atoms with E-state index >= 15 is 0 Å². The van der Waals surface area contributed by atoms with Gasteiger partial charge in [0.2, 0.25) is 0 Å². The summed E-state index contributed by atoms with van der Waals surface area (Å²) in [6.07, 6.45) is -3.09. The molecular formula is C20H13BrF3N3OS. The van der Waals surface area contributed by atoms with E-state index in [-0.39, 0.29) is 22.5 Å². The smallest absolute Gasteiger partial charge is 0.346 e. The first-order valence-corrected chi connectivity index (χ1v) is 10.2. The Morgan fingerprint density at radius 1 is 1.14 bits per heavy atom. The van der Waals surface area contributed by atoms with Gasteiger partial charge in [-0.2, -0.15) is 13.2 Å². The van der Waals surface area contributed by atoms with Crippen molar-refractivity contribution in [2.24, 2.45) is 0 Å². The Bertz CT molecular complexity index is 1170. The van der Waals surface area contributed by atoms with Crippen LogP contribution in [-0.4, -0.2) is 15.3 Å². The lowest BCUT2D eigenvalue weighted by Gasteiger charge is -2.11. The molecule has 9 heteroatoms. The van der Waals surface area contributed by atoms with E-state index in [9.17, 15) is 18.0 Å². The number of hydrogen-bond donors (Lipinski definition) is 1. The number of halogens is 4. The summed E-state index contributed by atoms with van der Waals surface area (Å²) in [6.45, 7) is 0.276. The summed E-state index contributed by atoms with van der Waals surface area (Å²) in [5.74, 6) is -0.552. The van der Waals surface area contributed by atoms with Crippen LogP contribution >= 0.6 is 27.3 Å². The Labute approximate surface area is 176 Å². The number of carbonyl (C=O) groups is 1. The quantitative estimate of drug-likeness (QED) is 0.403. The number of alkyl halides is 3. The lowest BCUT2D eigenvalue weighted by Crippen LogP contribution is -2.23. The molecule has 0 aliphatic carbocycles. The van der Waals surface area contributed by atoms with Gasteiger partial charge >= 0.3 is 6.18 Å². The average Bonchev–Trinajstić information content (AvgIpc) is 3.33. The molecule has 0 saturated heterocycles. The van der Waals surface area contributed by atoms with Gasteiger partial charge in [-0.3, -0.25) is 9.20 Å². The molecule has 0 saturated carbocycles. The summed E-state index contributed by atoms with van der Waals surface area (Å²) in [4.78, 5) is 17.5. The second kappa shape index (κ2) is 7.64. The van der Waals surface area contributed by atoms with Crippen molar-refractivity contribution in [3.8, 4) is 11.1 Å². The molecular weight excluding hydrogens is 467 g/mol. The molecule has 0 aliphatic rings. The average molecular weight is 480 g/mol. The van der Waals surface area contributed by atoms with E-state index in [0.717, 1.165) is 10.9 Å². The number of aromatic nitrogens is 2. The van der Waals surface area contributed by atoms with Crippen molar-refractivity contribution >= 4 is 38.8 Å². The minimum Gasteiger partial charge on any atom is -0.346 e. The monoisotopic (exact) mass is 479 g/mol. The molecule has 1 amide bonds. The maximum Gasteiger partial charge on any atom is 0.420 e. The SMILES string of the molecule is O=C(NCc1cccs1)c1nc2c(C(F)(F)F)cc(-c3ccccc3)cn2c1Br. The van der Waals surface area contributed by atoms with E-state index in [0.29, 0.717) is 11.1 Å². The molecule has 29 heavy (non-hydrogen) atoms. The maximum atomic E-state index is 13.7. The zero-order valence-corrected chi connectivity index (χ0v) is 17.1. The summed E-state index contributed by atoms with van der Waals surface area (Å²) in [7, 11) is 0. The van der Waals surface area contributed by atoms with Gasteiger partial charge in [0.05, 0.1) is 12.1 Å². The molecule has 0 unspecified atom stereocenters. The Balaban J connectivity index is 1.80. The number of carbonyl (C=O) groups excluding carboxylic acids is 1. The third-order valence-corrected chi connectivity index (χ3v) is 5.93. The van der Waals surface area contributed by atoms with Crippen molar-refractivity contribution in [2.75, 3.05) is 0 Å². The number of amides is 1. The van der Waals surface area contributed by atoms with Gasteiger partial charge in [-0.05, 0) is 44.6 Å². The van der Waals surface area contributed by atoms with Crippen molar-refractivity contribution < 1.29 is 18.0 Å². The molecule has 3 aromatic heterocycles. The number of thiophene rings is 1. The lowest BCUT2D eigenvalue weighted by molar-refractivity contribution is -0.136. The molecule has 0 radical (unpaired) electrons. The van der Waals surface area contributed by atoms with Crippen LogP contribution in [-0.2, 0) is 12.7 Å². The van der Waals surface area contributed by atoms with Crippen LogP contribution in [0, 0.1) is 0 Å². The van der Waals surface area contributed by atoms with Crippen molar-refractivity contribution in [1.29, 1.82) is 0 Å². The van der Waals surface area contributed by atoms with Gasteiger partial charge in [-0.25, -0.2) is 4.98 Å². The van der Waals surface area contributed by atoms with Crippen LogP contribution in [0.3, 0.4) is 0 Å². The molecule has 0 atom stereocenters. The first-order chi connectivity index (χ1) is 13.8. The van der Waals surface area contributed by atoms with Gasteiger partial charge in [0, 0.05) is 11.1 Å². The van der Waals surface area contributed by atoms with Crippen molar-refractivity contribution in [3.63, 3.8) is 0 Å². The van der Waals surface area contributed by atoms with Gasteiger partial charge in [0.15, 0.2) is 11.3 Å². The first kappa shape index (κ1) is 19.7. The molecule has 0 aliphatic heterocycles. The van der Waals surface area contributed by atoms with Crippen LogP contribution in [0.2, 0.25) is 0 Å². The molecule has 1 N–H and O–H groups in total. The van der Waals surface area contributed by atoms with Crippen LogP contribution in [0.4, 0.5) is 13.2 Å². The zero-order chi connectivity index (χ0) is 20.6. The molecule has 4 aromatic rings. The highest BCUT2D eigenvalue weighted by Crippen LogP contribution is 2.37. The van der Waals surface area contributed by atoms with Crippen LogP contribution in [0.1, 0.15) is 20.9 Å². The highest BCUT2D eigenvalue weighted by atomic mass is 79.9. The molecule has 4 rings (SSSR count). The standard InChI is InChI=1S/C20H13BrF3N3OS/c21-17-16(19(28)25-10-14-7-4-8-29-14)26-18-15(20(22,23)24)9-13(11-27(17)18)12-5-2-1-3-6-12/h1-9,11H,10H2,(H,25,28). The summed E-state index contributed by atoms with van der Waals surface area (Å²) in [6, 6.07) is 13.5. The van der Waals surface area contributed by atoms with E-state index in [1.807, 2.05) is 17.5 Å². The number of pyridine rings is 1. The van der Waals surface area contributed by atoms with E-state index < -0.39 is 17.6 Å². The number of nitrogens with zero attached hydrogens (tertiary/aromatic N) is 2. The van der Waals surface area contributed by atoms with Crippen LogP contribution in [0.15, 0.2) is 64.7 Å². The number of rotatable bonds is 4. The fraction of sp³-hybridized carbons (Fsp3) is 0.100. The molecule has 0 spiro atoms. The highest BCUT2D eigenvalue weighted by molar-refractivity contribution is 9.10. The van der Waals surface area contributed by atoms with Gasteiger partial charge in [0.1, 0.15) is 4.60 Å². The fourth-order valence-electron chi connectivity index (χ4n) is 2.92. The minimum absolute atomic E-state index is 0.0998. The normalized spacial score (nSPS) is 11.7. The predicted molar refractivity (Wildman–Crippen MR) is 109 cm³/mol. The number of hydrogen-bond acceptors (Lipinski definition) is 3. The van der Waals surface area contributed by atoms with E-state index in [4.69, 9.17) is 0 Å². The Kier molecular flexibility index (Phi) is 5.18. The molecule has 4 nitrogen and oxygen atoms in total. The molecule has 3 heterocycles. The lowest BCUT2D eigenvalue weighted by atomic mass is 10.1. The van der Waals surface area contributed by atoms with Gasteiger partial charge in [0.25, 0.3) is 5.91 Å². The number of nitrogens with one attached hydrogen (secondary N) is 1. The first-order valence-electron chi connectivity index (χ1n) is 8.49. The summed E-state index contributed by atoms with van der Waals surface area (Å²) >= 11 is 4.73.